The number of nitrogens with two attached hydrogens (primary N) is 1. The van der Waals surface area contributed by atoms with Gasteiger partial charge in [-0.3, -0.25) is 9.69 Å². The zero-order valence-electron chi connectivity index (χ0n) is 14.1. The number of ether oxygens (including phenoxy) is 1. The molecule has 1 aliphatic heterocycles. The Kier molecular flexibility index (Phi) is 5.16. The molecule has 3 rings (SSSR count). The van der Waals surface area contributed by atoms with Crippen molar-refractivity contribution in [2.45, 2.75) is 32.4 Å². The molecule has 0 spiro atoms. The van der Waals surface area contributed by atoms with Crippen LogP contribution in [0.3, 0.4) is 0 Å². The van der Waals surface area contributed by atoms with Gasteiger partial charge in [0.25, 0.3) is 0 Å². The SMILES string of the molecule is CCOc1ccc([C@H]2CCCN2Cc2ccc(C(N)=O)cc2)cc1. The van der Waals surface area contributed by atoms with Gasteiger partial charge in [-0.15, -0.1) is 0 Å². The van der Waals surface area contributed by atoms with Crippen molar-refractivity contribution in [2.75, 3.05) is 13.2 Å². The van der Waals surface area contributed by atoms with Crippen molar-refractivity contribution in [2.24, 2.45) is 5.73 Å². The van der Waals surface area contributed by atoms with E-state index in [1.165, 1.54) is 24.0 Å². The second-order valence-electron chi connectivity index (χ2n) is 6.19. The summed E-state index contributed by atoms with van der Waals surface area (Å²) in [6.45, 7) is 4.67. The van der Waals surface area contributed by atoms with Gasteiger partial charge in [-0.25, -0.2) is 0 Å². The first-order valence-electron chi connectivity index (χ1n) is 8.53. The fourth-order valence-electron chi connectivity index (χ4n) is 3.35. The number of amides is 1. The Balaban J connectivity index is 1.69. The topological polar surface area (TPSA) is 55.6 Å². The molecule has 0 bridgehead atoms. The van der Waals surface area contributed by atoms with Crippen LogP contribution in [0.2, 0.25) is 0 Å². The summed E-state index contributed by atoms with van der Waals surface area (Å²) in [6.07, 6.45) is 2.38. The third-order valence-corrected chi connectivity index (χ3v) is 4.56. The summed E-state index contributed by atoms with van der Waals surface area (Å²) in [7, 11) is 0. The minimum atomic E-state index is -0.380. The van der Waals surface area contributed by atoms with Gasteiger partial charge in [0.15, 0.2) is 0 Å². The Bertz CT molecular complexity index is 680. The largest absolute Gasteiger partial charge is 0.494 e. The lowest BCUT2D eigenvalue weighted by atomic mass is 10.0. The number of carbonyl (C=O) groups excluding carboxylic acids is 1. The van der Waals surface area contributed by atoms with E-state index in [0.29, 0.717) is 18.2 Å². The summed E-state index contributed by atoms with van der Waals surface area (Å²) in [4.78, 5) is 13.7. The van der Waals surface area contributed by atoms with Crippen LogP contribution in [0, 0.1) is 0 Å². The zero-order chi connectivity index (χ0) is 16.9. The molecule has 0 radical (unpaired) electrons. The first kappa shape index (κ1) is 16.5. The smallest absolute Gasteiger partial charge is 0.248 e. The second-order valence-corrected chi connectivity index (χ2v) is 6.19. The molecule has 4 heteroatoms. The Hall–Kier alpha value is -2.33. The molecule has 1 heterocycles. The van der Waals surface area contributed by atoms with E-state index < -0.39 is 0 Å². The summed E-state index contributed by atoms with van der Waals surface area (Å²) in [5.41, 5.74) is 8.40. The summed E-state index contributed by atoms with van der Waals surface area (Å²) in [5, 5.41) is 0. The van der Waals surface area contributed by atoms with Crippen LogP contribution in [0.4, 0.5) is 0 Å². The predicted octanol–water partition coefficient (Wildman–Crippen LogP) is 3.52. The summed E-state index contributed by atoms with van der Waals surface area (Å²) in [5.74, 6) is 0.544. The highest BCUT2D eigenvalue weighted by molar-refractivity contribution is 5.92. The number of likely N-dealkylation sites (tertiary alicyclic amines) is 1. The fraction of sp³-hybridized carbons (Fsp3) is 0.350. The second kappa shape index (κ2) is 7.49. The van der Waals surface area contributed by atoms with Crippen molar-refractivity contribution < 1.29 is 9.53 Å². The Morgan fingerprint density at radius 1 is 1.17 bits per heavy atom. The maximum atomic E-state index is 11.2. The number of nitrogens with zero attached hydrogens (tertiary/aromatic N) is 1. The van der Waals surface area contributed by atoms with E-state index in [1.54, 1.807) is 12.1 Å². The average Bonchev–Trinajstić information content (AvgIpc) is 3.04. The van der Waals surface area contributed by atoms with E-state index in [2.05, 4.69) is 29.2 Å². The van der Waals surface area contributed by atoms with Crippen LogP contribution in [0.1, 0.15) is 47.3 Å². The molecule has 2 N–H and O–H groups in total. The summed E-state index contributed by atoms with van der Waals surface area (Å²) in [6, 6.07) is 16.5. The average molecular weight is 324 g/mol. The molecule has 4 nitrogen and oxygen atoms in total. The number of primary amides is 1. The predicted molar refractivity (Wildman–Crippen MR) is 95.0 cm³/mol. The zero-order valence-corrected chi connectivity index (χ0v) is 14.1. The van der Waals surface area contributed by atoms with E-state index >= 15 is 0 Å². The molecule has 24 heavy (non-hydrogen) atoms. The van der Waals surface area contributed by atoms with Crippen molar-refractivity contribution in [3.63, 3.8) is 0 Å². The first-order valence-corrected chi connectivity index (χ1v) is 8.53. The van der Waals surface area contributed by atoms with Crippen LogP contribution < -0.4 is 10.5 Å². The molecule has 2 aromatic rings. The lowest BCUT2D eigenvalue weighted by molar-refractivity contribution is 0.100. The molecule has 1 saturated heterocycles. The molecule has 0 saturated carbocycles. The highest BCUT2D eigenvalue weighted by Gasteiger charge is 2.25. The van der Waals surface area contributed by atoms with Gasteiger partial charge in [0.1, 0.15) is 5.75 Å². The summed E-state index contributed by atoms with van der Waals surface area (Å²) >= 11 is 0. The molecular weight excluding hydrogens is 300 g/mol. The Morgan fingerprint density at radius 3 is 2.50 bits per heavy atom. The van der Waals surface area contributed by atoms with Crippen molar-refractivity contribution >= 4 is 5.91 Å². The van der Waals surface area contributed by atoms with Gasteiger partial charge in [-0.1, -0.05) is 24.3 Å². The van der Waals surface area contributed by atoms with Crippen LogP contribution in [0.25, 0.3) is 0 Å². The molecule has 1 fully saturated rings. The van der Waals surface area contributed by atoms with Crippen molar-refractivity contribution in [3.8, 4) is 5.75 Å². The van der Waals surface area contributed by atoms with E-state index in [4.69, 9.17) is 10.5 Å². The van der Waals surface area contributed by atoms with Crippen LogP contribution in [0.15, 0.2) is 48.5 Å². The molecule has 0 aromatic heterocycles. The standard InChI is InChI=1S/C20H24N2O2/c1-2-24-18-11-9-16(10-12-18)19-4-3-13-22(19)14-15-5-7-17(8-6-15)20(21)23/h5-12,19H,2-4,13-14H2,1H3,(H2,21,23)/t19-/m1/s1. The van der Waals surface area contributed by atoms with Gasteiger partial charge in [0.05, 0.1) is 6.61 Å². The number of benzene rings is 2. The van der Waals surface area contributed by atoms with E-state index in [0.717, 1.165) is 18.8 Å². The lowest BCUT2D eigenvalue weighted by Gasteiger charge is -2.25. The number of hydrogen-bond acceptors (Lipinski definition) is 3. The quantitative estimate of drug-likeness (QED) is 0.884. The van der Waals surface area contributed by atoms with Crippen LogP contribution >= 0.6 is 0 Å². The van der Waals surface area contributed by atoms with Crippen LogP contribution in [-0.2, 0) is 6.54 Å². The van der Waals surface area contributed by atoms with Crippen LogP contribution in [-0.4, -0.2) is 24.0 Å². The Labute approximate surface area is 143 Å². The molecule has 1 amide bonds. The normalized spacial score (nSPS) is 17.8. The first-order chi connectivity index (χ1) is 11.7. The third kappa shape index (κ3) is 3.77. The lowest BCUT2D eigenvalue weighted by Crippen LogP contribution is -2.22. The molecule has 126 valence electrons. The molecular formula is C20H24N2O2. The van der Waals surface area contributed by atoms with Crippen molar-refractivity contribution in [1.82, 2.24) is 4.90 Å². The van der Waals surface area contributed by atoms with Crippen LogP contribution in [0.5, 0.6) is 5.75 Å². The highest BCUT2D eigenvalue weighted by Crippen LogP contribution is 2.33. The molecule has 1 atom stereocenters. The molecule has 2 aromatic carbocycles. The van der Waals surface area contributed by atoms with Crippen molar-refractivity contribution in [1.29, 1.82) is 0 Å². The minimum Gasteiger partial charge on any atom is -0.494 e. The van der Waals surface area contributed by atoms with Crippen molar-refractivity contribution in [3.05, 3.63) is 65.2 Å². The van der Waals surface area contributed by atoms with E-state index in [1.807, 2.05) is 19.1 Å². The molecule has 1 aliphatic rings. The maximum Gasteiger partial charge on any atom is 0.248 e. The third-order valence-electron chi connectivity index (χ3n) is 4.56. The van der Waals surface area contributed by atoms with Gasteiger partial charge in [-0.05, 0) is 61.7 Å². The Morgan fingerprint density at radius 2 is 1.88 bits per heavy atom. The molecule has 0 unspecified atom stereocenters. The van der Waals surface area contributed by atoms with Gasteiger partial charge >= 0.3 is 0 Å². The fourth-order valence-corrected chi connectivity index (χ4v) is 3.35. The van der Waals surface area contributed by atoms with Gasteiger partial charge < -0.3 is 10.5 Å². The monoisotopic (exact) mass is 324 g/mol. The van der Waals surface area contributed by atoms with Gasteiger partial charge in [-0.2, -0.15) is 0 Å². The van der Waals surface area contributed by atoms with E-state index in [9.17, 15) is 4.79 Å². The van der Waals surface area contributed by atoms with E-state index in [-0.39, 0.29) is 5.91 Å². The number of carbonyl (C=O) groups is 1. The molecule has 0 aliphatic carbocycles. The van der Waals surface area contributed by atoms with Gasteiger partial charge in [0, 0.05) is 18.2 Å². The van der Waals surface area contributed by atoms with Gasteiger partial charge in [0.2, 0.25) is 5.91 Å². The number of rotatable bonds is 6. The summed E-state index contributed by atoms with van der Waals surface area (Å²) < 4.78 is 5.53. The number of hydrogen-bond donors (Lipinski definition) is 1. The minimum absolute atomic E-state index is 0.380. The maximum absolute atomic E-state index is 11.2. The highest BCUT2D eigenvalue weighted by atomic mass is 16.5.